The molecule has 2 unspecified atom stereocenters. The highest BCUT2D eigenvalue weighted by Gasteiger charge is 2.53. The van der Waals surface area contributed by atoms with Crippen molar-refractivity contribution < 1.29 is 4.79 Å². The van der Waals surface area contributed by atoms with E-state index < -0.39 is 5.41 Å². The maximum atomic E-state index is 13.0. The minimum Gasteiger partial charge on any atom is -0.293 e. The highest BCUT2D eigenvalue weighted by molar-refractivity contribution is 6.02. The highest BCUT2D eigenvalue weighted by Crippen LogP contribution is 2.54. The largest absolute Gasteiger partial charge is 0.293 e. The van der Waals surface area contributed by atoms with Gasteiger partial charge in [0.25, 0.3) is 0 Å². The molecule has 2 heterocycles. The Hall–Kier alpha value is -4.37. The van der Waals surface area contributed by atoms with Crippen LogP contribution >= 0.6 is 0 Å². The molecular formula is C30H25N5O. The Labute approximate surface area is 210 Å². The van der Waals surface area contributed by atoms with Gasteiger partial charge >= 0.3 is 0 Å². The number of hydrogen-bond donors (Lipinski definition) is 0. The van der Waals surface area contributed by atoms with Gasteiger partial charge in [-0.15, -0.1) is 0 Å². The van der Waals surface area contributed by atoms with E-state index in [9.17, 15) is 10.1 Å². The summed E-state index contributed by atoms with van der Waals surface area (Å²) < 4.78 is 1.96. The number of hydrogen-bond acceptors (Lipinski definition) is 5. The van der Waals surface area contributed by atoms with Crippen molar-refractivity contribution in [2.75, 3.05) is 0 Å². The Morgan fingerprint density at radius 3 is 2.39 bits per heavy atom. The summed E-state index contributed by atoms with van der Waals surface area (Å²) in [7, 11) is 1.98. The summed E-state index contributed by atoms with van der Waals surface area (Å²) in [6.45, 7) is 1.97. The van der Waals surface area contributed by atoms with E-state index >= 15 is 0 Å². The van der Waals surface area contributed by atoms with Crippen molar-refractivity contribution in [3.05, 3.63) is 102 Å². The van der Waals surface area contributed by atoms with Gasteiger partial charge in [-0.2, -0.15) is 10.4 Å². The van der Waals surface area contributed by atoms with Crippen molar-refractivity contribution in [3.8, 4) is 28.5 Å². The lowest BCUT2D eigenvalue weighted by Crippen LogP contribution is -2.48. The SMILES string of the molecule is CC1C(=O)C(C#N)=C[C@]2(c3ccccc3)c3nn(C)c(-c4ccc(-c5cncnc5)cc4)c3CCC12. The average Bonchev–Trinajstić information content (AvgIpc) is 3.28. The van der Waals surface area contributed by atoms with Crippen LogP contribution in [0.1, 0.15) is 30.2 Å². The quantitative estimate of drug-likeness (QED) is 0.417. The van der Waals surface area contributed by atoms with Crippen molar-refractivity contribution in [2.24, 2.45) is 18.9 Å². The number of carbonyl (C=O) groups is 1. The minimum atomic E-state index is -0.620. The van der Waals surface area contributed by atoms with Crippen LogP contribution < -0.4 is 0 Å². The third kappa shape index (κ3) is 3.16. The van der Waals surface area contributed by atoms with E-state index in [1.165, 1.54) is 11.9 Å². The number of aromatic nitrogens is 4. The van der Waals surface area contributed by atoms with E-state index in [0.717, 1.165) is 46.5 Å². The molecule has 0 fully saturated rings. The van der Waals surface area contributed by atoms with E-state index in [1.807, 2.05) is 55.3 Å². The number of benzene rings is 2. The number of aryl methyl sites for hydroxylation is 1. The lowest BCUT2D eigenvalue weighted by atomic mass is 9.54. The van der Waals surface area contributed by atoms with Crippen molar-refractivity contribution >= 4 is 5.78 Å². The summed E-state index contributed by atoms with van der Waals surface area (Å²) >= 11 is 0. The molecule has 3 atom stereocenters. The Kier molecular flexibility index (Phi) is 5.15. The molecule has 0 saturated carbocycles. The van der Waals surface area contributed by atoms with E-state index in [1.54, 1.807) is 0 Å². The van der Waals surface area contributed by atoms with Gasteiger partial charge in [-0.3, -0.25) is 9.48 Å². The molecule has 0 bridgehead atoms. The van der Waals surface area contributed by atoms with Crippen molar-refractivity contribution in [3.63, 3.8) is 0 Å². The summed E-state index contributed by atoms with van der Waals surface area (Å²) in [5, 5.41) is 15.0. The van der Waals surface area contributed by atoms with E-state index in [4.69, 9.17) is 5.10 Å². The van der Waals surface area contributed by atoms with Crippen LogP contribution in [0.4, 0.5) is 0 Å². The number of fused-ring (bicyclic) bond motifs is 3. The van der Waals surface area contributed by atoms with Crippen LogP contribution in [0.3, 0.4) is 0 Å². The minimum absolute atomic E-state index is 0.0419. The number of rotatable bonds is 3. The second-order valence-electron chi connectivity index (χ2n) is 9.71. The van der Waals surface area contributed by atoms with Crippen molar-refractivity contribution in [1.82, 2.24) is 19.7 Å². The predicted octanol–water partition coefficient (Wildman–Crippen LogP) is 5.06. The Morgan fingerprint density at radius 1 is 1.00 bits per heavy atom. The van der Waals surface area contributed by atoms with Gasteiger partial charge in [-0.1, -0.05) is 61.5 Å². The molecule has 0 spiro atoms. The molecule has 176 valence electrons. The molecule has 4 aromatic rings. The monoisotopic (exact) mass is 471 g/mol. The third-order valence-corrected chi connectivity index (χ3v) is 7.91. The average molecular weight is 472 g/mol. The smallest absolute Gasteiger partial charge is 0.176 e. The number of Topliss-reactive ketones (excluding diaryl/α,β-unsaturated/α-hetero) is 1. The fourth-order valence-corrected chi connectivity index (χ4v) is 6.25. The summed E-state index contributed by atoms with van der Waals surface area (Å²) in [6, 6.07) is 20.8. The molecule has 6 nitrogen and oxygen atoms in total. The molecule has 0 N–H and O–H groups in total. The Morgan fingerprint density at radius 2 is 1.69 bits per heavy atom. The van der Waals surface area contributed by atoms with E-state index in [0.29, 0.717) is 0 Å². The van der Waals surface area contributed by atoms with Crippen LogP contribution in [0.5, 0.6) is 0 Å². The zero-order valence-electron chi connectivity index (χ0n) is 20.2. The summed E-state index contributed by atoms with van der Waals surface area (Å²) in [4.78, 5) is 21.3. The molecule has 0 aliphatic heterocycles. The molecule has 36 heavy (non-hydrogen) atoms. The lowest BCUT2D eigenvalue weighted by molar-refractivity contribution is -0.121. The molecule has 6 heteroatoms. The van der Waals surface area contributed by atoms with Crippen molar-refractivity contribution in [2.45, 2.75) is 25.2 Å². The van der Waals surface area contributed by atoms with E-state index in [2.05, 4.69) is 52.4 Å². The van der Waals surface area contributed by atoms with Crippen LogP contribution in [0.2, 0.25) is 0 Å². The van der Waals surface area contributed by atoms with Crippen LogP contribution in [-0.4, -0.2) is 25.5 Å². The zero-order valence-corrected chi connectivity index (χ0v) is 20.2. The zero-order chi connectivity index (χ0) is 24.9. The molecule has 0 radical (unpaired) electrons. The van der Waals surface area contributed by atoms with E-state index in [-0.39, 0.29) is 23.2 Å². The first-order valence-electron chi connectivity index (χ1n) is 12.2. The first kappa shape index (κ1) is 22.1. The molecule has 0 amide bonds. The first-order chi connectivity index (χ1) is 17.5. The van der Waals surface area contributed by atoms with Gasteiger partial charge < -0.3 is 0 Å². The molecule has 2 aromatic carbocycles. The van der Waals surface area contributed by atoms with Gasteiger partial charge in [0.1, 0.15) is 12.4 Å². The van der Waals surface area contributed by atoms with Crippen LogP contribution in [0, 0.1) is 23.2 Å². The Balaban J connectivity index is 1.55. The van der Waals surface area contributed by atoms with Crippen LogP contribution in [0.15, 0.2) is 85.0 Å². The second-order valence-corrected chi connectivity index (χ2v) is 9.71. The Bertz CT molecular complexity index is 1530. The van der Waals surface area contributed by atoms with Gasteiger partial charge in [-0.05, 0) is 36.0 Å². The predicted molar refractivity (Wildman–Crippen MR) is 137 cm³/mol. The number of nitriles is 1. The summed E-state index contributed by atoms with van der Waals surface area (Å²) in [5.41, 5.74) is 7.01. The van der Waals surface area contributed by atoms with Gasteiger partial charge in [-0.25, -0.2) is 9.97 Å². The fourth-order valence-electron chi connectivity index (χ4n) is 6.25. The van der Waals surface area contributed by atoms with Crippen molar-refractivity contribution in [1.29, 1.82) is 5.26 Å². The number of carbonyl (C=O) groups excluding carboxylic acids is 1. The first-order valence-corrected chi connectivity index (χ1v) is 12.2. The summed E-state index contributed by atoms with van der Waals surface area (Å²) in [5.74, 6) is -0.273. The highest BCUT2D eigenvalue weighted by atomic mass is 16.1. The lowest BCUT2D eigenvalue weighted by Gasteiger charge is -2.47. The molecule has 0 saturated heterocycles. The molecule has 2 aliphatic carbocycles. The van der Waals surface area contributed by atoms with Gasteiger partial charge in [0.15, 0.2) is 5.78 Å². The number of nitrogens with zero attached hydrogens (tertiary/aromatic N) is 5. The third-order valence-electron chi connectivity index (χ3n) is 7.91. The van der Waals surface area contributed by atoms with Gasteiger partial charge in [0, 0.05) is 42.0 Å². The fraction of sp³-hybridized carbons (Fsp3) is 0.233. The molecule has 2 aromatic heterocycles. The van der Waals surface area contributed by atoms with Gasteiger partial charge in [0.05, 0.1) is 22.4 Å². The number of allylic oxidation sites excluding steroid dienone is 2. The standard InChI is InChI=1S/C30H25N5O/c1-19-26-13-12-25-27(21-10-8-20(9-11-21)23-16-32-18-33-17-23)35(2)34-29(25)30(26,14-22(15-31)28(19)36)24-6-4-3-5-7-24/h3-11,14,16-19,26H,12-13H2,1-2H3/t19?,26?,30-/m1/s1. The molecule has 6 rings (SSSR count). The maximum Gasteiger partial charge on any atom is 0.176 e. The topological polar surface area (TPSA) is 84.5 Å². The van der Waals surface area contributed by atoms with Gasteiger partial charge in [0.2, 0.25) is 0 Å². The summed E-state index contributed by atoms with van der Waals surface area (Å²) in [6.07, 6.45) is 8.73. The normalized spacial score (nSPS) is 22.8. The molecule has 2 aliphatic rings. The maximum absolute atomic E-state index is 13.0. The number of ketones is 1. The molecular weight excluding hydrogens is 446 g/mol. The van der Waals surface area contributed by atoms with Crippen LogP contribution in [-0.2, 0) is 23.7 Å². The second kappa shape index (κ2) is 8.39. The van der Waals surface area contributed by atoms with Crippen LogP contribution in [0.25, 0.3) is 22.4 Å².